The third kappa shape index (κ3) is 6.36. The Labute approximate surface area is 116 Å². The minimum Gasteiger partial charge on any atom is -0.306 e. The van der Waals surface area contributed by atoms with E-state index in [-0.39, 0.29) is 11.7 Å². The second kappa shape index (κ2) is 7.68. The van der Waals surface area contributed by atoms with Crippen LogP contribution in [0.4, 0.5) is 0 Å². The van der Waals surface area contributed by atoms with Gasteiger partial charge in [0, 0.05) is 12.4 Å². The molecule has 0 aromatic carbocycles. The molecule has 6 heteroatoms. The van der Waals surface area contributed by atoms with Crippen molar-refractivity contribution in [2.45, 2.75) is 26.2 Å². The monoisotopic (exact) mass is 296 g/mol. The average molecular weight is 297 g/mol. The molecule has 0 aromatic heterocycles. The third-order valence-corrected chi connectivity index (χ3v) is 5.66. The summed E-state index contributed by atoms with van der Waals surface area (Å²) in [7, 11) is -1.02. The van der Waals surface area contributed by atoms with E-state index < -0.39 is 10.0 Å². The summed E-state index contributed by atoms with van der Waals surface area (Å²) < 4.78 is 26.1. The fourth-order valence-electron chi connectivity index (χ4n) is 2.25. The van der Waals surface area contributed by atoms with Crippen LogP contribution in [0.3, 0.4) is 0 Å². The van der Waals surface area contributed by atoms with Gasteiger partial charge in [-0.1, -0.05) is 6.92 Å². The Kier molecular flexibility index (Phi) is 6.92. The van der Waals surface area contributed by atoms with Crippen molar-refractivity contribution in [3.63, 3.8) is 0 Å². The largest absolute Gasteiger partial charge is 0.306 e. The quantitative estimate of drug-likeness (QED) is 0.725. The molecule has 1 fully saturated rings. The van der Waals surface area contributed by atoms with Gasteiger partial charge >= 0.3 is 0 Å². The van der Waals surface area contributed by atoms with Gasteiger partial charge in [0.05, 0.1) is 5.75 Å². The van der Waals surface area contributed by atoms with Crippen molar-refractivity contribution in [3.8, 4) is 0 Å². The molecule has 0 radical (unpaired) electrons. The van der Waals surface area contributed by atoms with Gasteiger partial charge in [-0.3, -0.25) is 0 Å². The Morgan fingerprint density at radius 1 is 1.39 bits per heavy atom. The molecule has 0 bridgehead atoms. The van der Waals surface area contributed by atoms with Gasteiger partial charge in [0.15, 0.2) is 0 Å². The molecule has 1 heterocycles. The van der Waals surface area contributed by atoms with E-state index in [9.17, 15) is 8.42 Å². The molecule has 18 heavy (non-hydrogen) atoms. The summed E-state index contributed by atoms with van der Waals surface area (Å²) in [6, 6.07) is 0. The van der Waals surface area contributed by atoms with E-state index in [2.05, 4.69) is 16.7 Å². The zero-order valence-corrected chi connectivity index (χ0v) is 12.9. The summed E-state index contributed by atoms with van der Waals surface area (Å²) in [5.74, 6) is 1.18. The van der Waals surface area contributed by atoms with Crippen molar-refractivity contribution in [3.05, 3.63) is 0 Å². The summed E-state index contributed by atoms with van der Waals surface area (Å²) in [4.78, 5) is 2.32. The lowest BCUT2D eigenvalue weighted by Gasteiger charge is -2.28. The van der Waals surface area contributed by atoms with Crippen LogP contribution in [-0.2, 0) is 10.0 Å². The van der Waals surface area contributed by atoms with Crippen LogP contribution in [0.2, 0.25) is 0 Å². The minimum atomic E-state index is -3.15. The first-order valence-corrected chi connectivity index (χ1v) is 8.83. The van der Waals surface area contributed by atoms with Crippen molar-refractivity contribution < 1.29 is 8.42 Å². The first-order chi connectivity index (χ1) is 8.43. The molecule has 1 rings (SSSR count). The molecular formula is C12H25ClN2O2S. The van der Waals surface area contributed by atoms with Crippen LogP contribution in [0.15, 0.2) is 0 Å². The number of nitrogens with one attached hydrogen (secondary N) is 1. The van der Waals surface area contributed by atoms with Crippen molar-refractivity contribution in [2.75, 3.05) is 38.3 Å². The Bertz CT molecular complexity index is 327. The number of hydrogen-bond donors (Lipinski definition) is 1. The van der Waals surface area contributed by atoms with E-state index in [4.69, 9.17) is 11.6 Å². The molecule has 1 saturated heterocycles. The molecule has 0 amide bonds. The van der Waals surface area contributed by atoms with E-state index in [0.29, 0.717) is 18.3 Å². The molecule has 0 aromatic rings. The number of likely N-dealkylation sites (tertiary alicyclic amines) is 1. The normalized spacial score (nSPS) is 21.1. The summed E-state index contributed by atoms with van der Waals surface area (Å²) in [5, 5.41) is 0. The lowest BCUT2D eigenvalue weighted by molar-refractivity contribution is 0.213. The lowest BCUT2D eigenvalue weighted by atomic mass is 9.94. The number of sulfonamides is 1. The highest BCUT2D eigenvalue weighted by atomic mass is 35.5. The molecule has 1 atom stereocenters. The smallest absolute Gasteiger partial charge is 0.211 e. The number of rotatable bonds is 7. The Hall–Kier alpha value is 0.160. The standard InChI is InChI=1S/C12H25ClN2O2S/c1-11(9-13)10-18(16,17)14-6-3-12-4-7-15(2)8-5-12/h11-12,14H,3-10H2,1-2H3. The van der Waals surface area contributed by atoms with Crippen LogP contribution < -0.4 is 4.72 Å². The highest BCUT2D eigenvalue weighted by Crippen LogP contribution is 2.18. The van der Waals surface area contributed by atoms with E-state index in [1.165, 1.54) is 12.8 Å². The van der Waals surface area contributed by atoms with Crippen molar-refractivity contribution in [1.29, 1.82) is 0 Å². The maximum Gasteiger partial charge on any atom is 0.211 e. The van der Waals surface area contributed by atoms with Crippen molar-refractivity contribution in [2.24, 2.45) is 11.8 Å². The average Bonchev–Trinajstić information content (AvgIpc) is 2.31. The van der Waals surface area contributed by atoms with Gasteiger partial charge in [0.1, 0.15) is 0 Å². The second-order valence-corrected chi connectivity index (χ2v) is 7.63. The summed E-state index contributed by atoms with van der Waals surface area (Å²) in [6.07, 6.45) is 3.30. The number of hydrogen-bond acceptors (Lipinski definition) is 3. The molecule has 0 saturated carbocycles. The molecule has 0 aliphatic carbocycles. The van der Waals surface area contributed by atoms with Crippen molar-refractivity contribution >= 4 is 21.6 Å². The van der Waals surface area contributed by atoms with Crippen LogP contribution in [0.1, 0.15) is 26.2 Å². The topological polar surface area (TPSA) is 49.4 Å². The summed E-state index contributed by atoms with van der Waals surface area (Å²) in [5.41, 5.74) is 0. The van der Waals surface area contributed by atoms with Gasteiger partial charge < -0.3 is 4.90 Å². The fourth-order valence-corrected chi connectivity index (χ4v) is 3.90. The molecule has 1 aliphatic rings. The predicted octanol–water partition coefficient (Wildman–Crippen LogP) is 1.51. The molecule has 4 nitrogen and oxygen atoms in total. The van der Waals surface area contributed by atoms with E-state index in [1.807, 2.05) is 6.92 Å². The highest BCUT2D eigenvalue weighted by Gasteiger charge is 2.18. The highest BCUT2D eigenvalue weighted by molar-refractivity contribution is 7.89. The first-order valence-electron chi connectivity index (χ1n) is 6.65. The second-order valence-electron chi connectivity index (χ2n) is 5.47. The SMILES string of the molecule is CC(CCl)CS(=O)(=O)NCCC1CCN(C)CC1. The molecule has 1 unspecified atom stereocenters. The zero-order valence-electron chi connectivity index (χ0n) is 11.4. The van der Waals surface area contributed by atoms with Gasteiger partial charge in [-0.05, 0) is 51.2 Å². The Morgan fingerprint density at radius 2 is 2.00 bits per heavy atom. The minimum absolute atomic E-state index is 0.00694. The van der Waals surface area contributed by atoms with Gasteiger partial charge in [-0.15, -0.1) is 11.6 Å². The lowest BCUT2D eigenvalue weighted by Crippen LogP contribution is -2.34. The molecule has 1 aliphatic heterocycles. The Balaban J connectivity index is 2.20. The van der Waals surface area contributed by atoms with Gasteiger partial charge in [0.2, 0.25) is 10.0 Å². The Morgan fingerprint density at radius 3 is 2.56 bits per heavy atom. The van der Waals surface area contributed by atoms with Crippen LogP contribution in [0.5, 0.6) is 0 Å². The van der Waals surface area contributed by atoms with Gasteiger partial charge in [0.25, 0.3) is 0 Å². The van der Waals surface area contributed by atoms with Gasteiger partial charge in [-0.2, -0.15) is 0 Å². The van der Waals surface area contributed by atoms with Gasteiger partial charge in [-0.25, -0.2) is 13.1 Å². The summed E-state index contributed by atoms with van der Waals surface area (Å²) >= 11 is 5.63. The van der Waals surface area contributed by atoms with Crippen LogP contribution in [0.25, 0.3) is 0 Å². The number of halogens is 1. The van der Waals surface area contributed by atoms with Crippen LogP contribution in [-0.4, -0.2) is 51.6 Å². The van der Waals surface area contributed by atoms with E-state index >= 15 is 0 Å². The maximum absolute atomic E-state index is 11.7. The van der Waals surface area contributed by atoms with Crippen LogP contribution in [0, 0.1) is 11.8 Å². The molecule has 1 N–H and O–H groups in total. The summed E-state index contributed by atoms with van der Waals surface area (Å²) in [6.45, 7) is 4.66. The zero-order chi connectivity index (χ0) is 13.6. The maximum atomic E-state index is 11.7. The molecule has 0 spiro atoms. The fraction of sp³-hybridized carbons (Fsp3) is 1.00. The van der Waals surface area contributed by atoms with E-state index in [0.717, 1.165) is 19.5 Å². The van der Waals surface area contributed by atoms with Crippen molar-refractivity contribution in [1.82, 2.24) is 9.62 Å². The molecular weight excluding hydrogens is 272 g/mol. The van der Waals surface area contributed by atoms with Crippen LogP contribution >= 0.6 is 11.6 Å². The molecule has 108 valence electrons. The number of nitrogens with zero attached hydrogens (tertiary/aromatic N) is 1. The van der Waals surface area contributed by atoms with E-state index in [1.54, 1.807) is 0 Å². The third-order valence-electron chi connectivity index (χ3n) is 3.48. The number of piperidine rings is 1. The predicted molar refractivity (Wildman–Crippen MR) is 76.5 cm³/mol. The first kappa shape index (κ1) is 16.2. The number of alkyl halides is 1.